The molecule has 0 radical (unpaired) electrons. The first kappa shape index (κ1) is 44.4. The molecule has 5 aliphatic rings. The molecule has 1 saturated heterocycles. The number of Topliss-reactive ketones (excluding diaryl/α,β-unsaturated/α-hetero) is 2. The zero-order valence-electron chi connectivity index (χ0n) is 36.1. The number of ketones is 2. The molecule has 7 rings (SSSR count). The Morgan fingerprint density at radius 2 is 1.58 bits per heavy atom. The summed E-state index contributed by atoms with van der Waals surface area (Å²) in [5.41, 5.74) is 1.05. The van der Waals surface area contributed by atoms with E-state index in [-0.39, 0.29) is 62.3 Å². The molecular weight excluding hydrogens is 799 g/mol. The number of benzene rings is 1. The fourth-order valence-electron chi connectivity index (χ4n) is 8.98. The lowest BCUT2D eigenvalue weighted by atomic mass is 9.74. The number of ether oxygens (including phenoxy) is 3. The molecule has 2 aliphatic carbocycles. The van der Waals surface area contributed by atoms with Gasteiger partial charge < -0.3 is 35.1 Å². The standard InChI is InChI=1S/C45H59N7O10/c1-5-9-32(39(54)42(57)48-29-12-13-29)49-41(56)34-20-30(62-44(59)51-23-27-18-36-37(19-28(27)24-51)61-17-16-60-36)25-52(34)43(58)31(45(2,3)4)21-35(53)38(26-10-7-6-8-11-26)50-40(55)33-22-46-14-15-47-33/h14-15,18-19,22,26,29-32,34,38H,5-13,16-17,20-21,23-25H2,1-4H3,(H,48,57)(H,49,56)(H,50,55)/t30-,31-,32+,34?,38+/m1/s1. The SMILES string of the molecule is CCC[C@H](NC(=O)C1C[C@@H](OC(=O)N2Cc3cc4c(cc3C2)OCCO4)CN1C(=O)[C@@H](CC(=O)[C@@H](NC(=O)c1cnccn1)C1CCCCC1)C(C)(C)C)C(=O)C(=O)NC1CC1. The van der Waals surface area contributed by atoms with E-state index in [1.807, 2.05) is 39.8 Å². The number of rotatable bonds is 15. The van der Waals surface area contributed by atoms with Gasteiger partial charge in [-0.05, 0) is 66.7 Å². The van der Waals surface area contributed by atoms with Crippen molar-refractivity contribution >= 4 is 41.3 Å². The van der Waals surface area contributed by atoms with Crippen molar-refractivity contribution in [1.29, 1.82) is 0 Å². The van der Waals surface area contributed by atoms with Crippen molar-refractivity contribution in [2.45, 2.75) is 142 Å². The van der Waals surface area contributed by atoms with Crippen LogP contribution in [0.15, 0.2) is 30.7 Å². The summed E-state index contributed by atoms with van der Waals surface area (Å²) in [4.78, 5) is 108. The van der Waals surface area contributed by atoms with Gasteiger partial charge in [-0.25, -0.2) is 9.78 Å². The zero-order chi connectivity index (χ0) is 44.1. The second-order valence-electron chi connectivity index (χ2n) is 18.4. The molecule has 17 nitrogen and oxygen atoms in total. The summed E-state index contributed by atoms with van der Waals surface area (Å²) in [6, 6.07) is 0.445. The van der Waals surface area contributed by atoms with Crippen molar-refractivity contribution in [3.8, 4) is 11.5 Å². The smallest absolute Gasteiger partial charge is 0.410 e. The highest BCUT2D eigenvalue weighted by molar-refractivity contribution is 6.38. The Hall–Kier alpha value is -5.61. The molecule has 4 heterocycles. The lowest BCUT2D eigenvalue weighted by Gasteiger charge is -2.36. The first-order valence-electron chi connectivity index (χ1n) is 22.1. The third kappa shape index (κ3) is 10.5. The number of fused-ring (bicyclic) bond motifs is 2. The molecule has 334 valence electrons. The Kier molecular flexibility index (Phi) is 13.8. The highest BCUT2D eigenvalue weighted by Crippen LogP contribution is 2.39. The first-order valence-corrected chi connectivity index (χ1v) is 22.1. The van der Waals surface area contributed by atoms with E-state index in [9.17, 15) is 28.8 Å². The van der Waals surface area contributed by atoms with Crippen LogP contribution in [0.3, 0.4) is 0 Å². The average molecular weight is 858 g/mol. The van der Waals surface area contributed by atoms with Gasteiger partial charge in [0.05, 0.1) is 24.8 Å². The Morgan fingerprint density at radius 1 is 0.903 bits per heavy atom. The lowest BCUT2D eigenvalue weighted by Crippen LogP contribution is -2.55. The fraction of sp³-hybridized carbons (Fsp3) is 0.622. The fourth-order valence-corrected chi connectivity index (χ4v) is 8.98. The van der Waals surface area contributed by atoms with E-state index in [2.05, 4.69) is 25.9 Å². The molecule has 17 heteroatoms. The summed E-state index contributed by atoms with van der Waals surface area (Å²) < 4.78 is 17.5. The summed E-state index contributed by atoms with van der Waals surface area (Å²) >= 11 is 0. The van der Waals surface area contributed by atoms with Crippen LogP contribution in [0.4, 0.5) is 4.79 Å². The van der Waals surface area contributed by atoms with Crippen LogP contribution in [0.1, 0.15) is 120 Å². The first-order chi connectivity index (χ1) is 29.7. The van der Waals surface area contributed by atoms with Gasteiger partial charge in [0.1, 0.15) is 31.1 Å². The van der Waals surface area contributed by atoms with E-state index in [0.717, 1.165) is 56.1 Å². The largest absolute Gasteiger partial charge is 0.486 e. The topological polar surface area (TPSA) is 216 Å². The van der Waals surface area contributed by atoms with Crippen molar-refractivity contribution in [3.63, 3.8) is 0 Å². The second kappa shape index (κ2) is 19.2. The number of nitrogens with one attached hydrogen (secondary N) is 3. The average Bonchev–Trinajstić information content (AvgIpc) is 3.82. The molecule has 2 aromatic rings. The van der Waals surface area contributed by atoms with Crippen LogP contribution in [0.5, 0.6) is 11.5 Å². The highest BCUT2D eigenvalue weighted by Gasteiger charge is 2.48. The highest BCUT2D eigenvalue weighted by atomic mass is 16.6. The Morgan fingerprint density at radius 3 is 2.18 bits per heavy atom. The maximum Gasteiger partial charge on any atom is 0.410 e. The number of carbonyl (C=O) groups excluding carboxylic acids is 7. The molecule has 5 amide bonds. The molecule has 3 fully saturated rings. The van der Waals surface area contributed by atoms with Gasteiger partial charge in [0.25, 0.3) is 11.8 Å². The van der Waals surface area contributed by atoms with Crippen LogP contribution in [0.2, 0.25) is 0 Å². The summed E-state index contributed by atoms with van der Waals surface area (Å²) in [5, 5.41) is 8.38. The maximum absolute atomic E-state index is 15.0. The van der Waals surface area contributed by atoms with E-state index in [1.54, 1.807) is 0 Å². The van der Waals surface area contributed by atoms with Gasteiger partial charge in [0, 0.05) is 50.3 Å². The lowest BCUT2D eigenvalue weighted by molar-refractivity contribution is -0.147. The van der Waals surface area contributed by atoms with E-state index < -0.39 is 71.1 Å². The van der Waals surface area contributed by atoms with Crippen molar-refractivity contribution in [1.82, 2.24) is 35.7 Å². The number of amides is 5. The summed E-state index contributed by atoms with van der Waals surface area (Å²) in [5.74, 6) is -3.45. The molecule has 0 spiro atoms. The Bertz CT molecular complexity index is 1990. The molecular formula is C45H59N7O10. The van der Waals surface area contributed by atoms with Crippen molar-refractivity contribution in [3.05, 3.63) is 47.5 Å². The number of likely N-dealkylation sites (tertiary alicyclic amines) is 1. The second-order valence-corrected chi connectivity index (χ2v) is 18.4. The van der Waals surface area contributed by atoms with Gasteiger partial charge in [-0.3, -0.25) is 38.7 Å². The molecule has 3 aliphatic heterocycles. The predicted molar refractivity (Wildman–Crippen MR) is 223 cm³/mol. The van der Waals surface area contributed by atoms with E-state index in [4.69, 9.17) is 14.2 Å². The number of aromatic nitrogens is 2. The predicted octanol–water partition coefficient (Wildman–Crippen LogP) is 3.80. The monoisotopic (exact) mass is 857 g/mol. The molecule has 5 atom stereocenters. The van der Waals surface area contributed by atoms with Crippen LogP contribution < -0.4 is 25.4 Å². The minimum atomic E-state index is -1.19. The van der Waals surface area contributed by atoms with Crippen molar-refractivity contribution in [2.24, 2.45) is 17.3 Å². The third-order valence-electron chi connectivity index (χ3n) is 12.6. The minimum absolute atomic E-state index is 0.0617. The Balaban J connectivity index is 1.11. The molecule has 1 aromatic heterocycles. The van der Waals surface area contributed by atoms with E-state index >= 15 is 4.79 Å². The van der Waals surface area contributed by atoms with E-state index in [0.29, 0.717) is 31.1 Å². The number of hydrogen-bond acceptors (Lipinski definition) is 12. The molecule has 3 N–H and O–H groups in total. The number of carbonyl (C=O) groups is 7. The molecule has 2 saturated carbocycles. The van der Waals surface area contributed by atoms with Gasteiger partial charge in [-0.2, -0.15) is 0 Å². The summed E-state index contributed by atoms with van der Waals surface area (Å²) in [7, 11) is 0. The number of hydrogen-bond donors (Lipinski definition) is 3. The summed E-state index contributed by atoms with van der Waals surface area (Å²) in [6.07, 6.45) is 8.86. The summed E-state index contributed by atoms with van der Waals surface area (Å²) in [6.45, 7) is 8.58. The van der Waals surface area contributed by atoms with Gasteiger partial charge in [0.15, 0.2) is 17.3 Å². The van der Waals surface area contributed by atoms with Crippen LogP contribution in [0.25, 0.3) is 0 Å². The normalized spacial score (nSPS) is 21.2. The van der Waals surface area contributed by atoms with Crippen LogP contribution in [0, 0.1) is 17.3 Å². The van der Waals surface area contributed by atoms with Crippen LogP contribution >= 0.6 is 0 Å². The third-order valence-corrected chi connectivity index (χ3v) is 12.6. The van der Waals surface area contributed by atoms with Gasteiger partial charge in [-0.15, -0.1) is 0 Å². The molecule has 0 bridgehead atoms. The minimum Gasteiger partial charge on any atom is -0.486 e. The zero-order valence-corrected chi connectivity index (χ0v) is 36.1. The van der Waals surface area contributed by atoms with E-state index in [1.165, 1.54) is 28.4 Å². The van der Waals surface area contributed by atoms with Gasteiger partial charge in [-0.1, -0.05) is 53.4 Å². The van der Waals surface area contributed by atoms with Crippen LogP contribution in [-0.4, -0.2) is 111 Å². The quantitative estimate of drug-likeness (QED) is 0.218. The maximum atomic E-state index is 15.0. The molecule has 1 unspecified atom stereocenters. The molecule has 62 heavy (non-hydrogen) atoms. The number of nitrogens with zero attached hydrogens (tertiary/aromatic N) is 4. The molecule has 1 aromatic carbocycles. The van der Waals surface area contributed by atoms with Crippen LogP contribution in [-0.2, 0) is 41.8 Å². The van der Waals surface area contributed by atoms with Crippen molar-refractivity contribution in [2.75, 3.05) is 19.8 Å². The van der Waals surface area contributed by atoms with Crippen molar-refractivity contribution < 1.29 is 47.8 Å². The van der Waals surface area contributed by atoms with Gasteiger partial charge >= 0.3 is 6.09 Å². The van der Waals surface area contributed by atoms with Gasteiger partial charge in [0.2, 0.25) is 17.6 Å². The Labute approximate surface area is 361 Å².